The van der Waals surface area contributed by atoms with Gasteiger partial charge in [0.1, 0.15) is 17.2 Å². The van der Waals surface area contributed by atoms with Crippen molar-refractivity contribution in [2.45, 2.75) is 0 Å². The molecule has 0 saturated carbocycles. The normalized spacial score (nSPS) is 24.8. The number of carbonyl (C=O) groups excluding carboxylic acids is 2. The molecule has 0 aliphatic carbocycles. The number of fused-ring (bicyclic) bond motifs is 1. The van der Waals surface area contributed by atoms with Crippen LogP contribution >= 0.6 is 0 Å². The zero-order valence-corrected chi connectivity index (χ0v) is 13.4. The molecule has 2 aliphatic rings. The van der Waals surface area contributed by atoms with Crippen molar-refractivity contribution in [1.82, 2.24) is 14.8 Å². The molecule has 1 aromatic rings. The maximum Gasteiger partial charge on any atom is 0.314 e. The second-order valence-corrected chi connectivity index (χ2v) is 6.25. The number of carboxylic acid groups (broad SMARTS) is 1. The third kappa shape index (κ3) is 2.54. The molecule has 3 heterocycles. The first-order chi connectivity index (χ1) is 11.9. The number of aliphatic carboxylic acids is 1. The first kappa shape index (κ1) is 16.6. The molecule has 0 aromatic carbocycles. The summed E-state index contributed by atoms with van der Waals surface area (Å²) in [5, 5.41) is 18.5. The van der Waals surface area contributed by atoms with E-state index < -0.39 is 23.2 Å². The van der Waals surface area contributed by atoms with Gasteiger partial charge in [-0.3, -0.25) is 14.4 Å². The summed E-state index contributed by atoms with van der Waals surface area (Å²) in [6, 6.07) is 4.76. The summed E-state index contributed by atoms with van der Waals surface area (Å²) in [7, 11) is 0. The quantitative estimate of drug-likeness (QED) is 0.779. The highest BCUT2D eigenvalue weighted by Crippen LogP contribution is 2.44. The lowest BCUT2D eigenvalue weighted by atomic mass is 9.81. The van der Waals surface area contributed by atoms with Crippen LogP contribution in [0.25, 0.3) is 0 Å². The van der Waals surface area contributed by atoms with Crippen molar-refractivity contribution in [3.05, 3.63) is 42.2 Å². The van der Waals surface area contributed by atoms with Gasteiger partial charge in [0.05, 0.1) is 11.5 Å². The fraction of sp³-hybridized carbons (Fsp3) is 0.353. The molecule has 2 aliphatic heterocycles. The molecule has 0 unspecified atom stereocenters. The van der Waals surface area contributed by atoms with E-state index in [2.05, 4.69) is 11.6 Å². The molecule has 1 aromatic heterocycles. The molecule has 8 heteroatoms. The van der Waals surface area contributed by atoms with Crippen molar-refractivity contribution in [3.8, 4) is 6.07 Å². The highest BCUT2D eigenvalue weighted by Gasteiger charge is 2.62. The number of hydrogen-bond acceptors (Lipinski definition) is 5. The first-order valence-electron chi connectivity index (χ1n) is 7.71. The van der Waals surface area contributed by atoms with Gasteiger partial charge in [-0.2, -0.15) is 5.26 Å². The van der Waals surface area contributed by atoms with Crippen LogP contribution in [0.2, 0.25) is 0 Å². The van der Waals surface area contributed by atoms with Crippen LogP contribution in [0.4, 0.5) is 0 Å². The third-order valence-electron chi connectivity index (χ3n) is 4.81. The number of amides is 2. The van der Waals surface area contributed by atoms with E-state index in [4.69, 9.17) is 5.26 Å². The second kappa shape index (κ2) is 6.02. The molecular weight excluding hydrogens is 324 g/mol. The highest BCUT2D eigenvalue weighted by atomic mass is 16.4. The first-order valence-corrected chi connectivity index (χ1v) is 7.71. The average molecular weight is 340 g/mol. The summed E-state index contributed by atoms with van der Waals surface area (Å²) >= 11 is 0. The number of rotatable bonds is 4. The molecule has 0 spiro atoms. The van der Waals surface area contributed by atoms with Crippen LogP contribution in [-0.4, -0.2) is 63.9 Å². The van der Waals surface area contributed by atoms with Gasteiger partial charge in [-0.25, -0.2) is 4.98 Å². The van der Waals surface area contributed by atoms with E-state index in [1.54, 1.807) is 6.08 Å². The lowest BCUT2D eigenvalue weighted by Crippen LogP contribution is -2.42. The minimum atomic E-state index is -1.30. The molecular formula is C17H16N4O4. The van der Waals surface area contributed by atoms with E-state index in [0.29, 0.717) is 0 Å². The Kier molecular flexibility index (Phi) is 4.00. The van der Waals surface area contributed by atoms with E-state index in [9.17, 15) is 19.5 Å². The van der Waals surface area contributed by atoms with Crippen LogP contribution < -0.4 is 0 Å². The van der Waals surface area contributed by atoms with Gasteiger partial charge in [0, 0.05) is 32.4 Å². The van der Waals surface area contributed by atoms with Gasteiger partial charge >= 0.3 is 5.97 Å². The lowest BCUT2D eigenvalue weighted by molar-refractivity contribution is -0.149. The monoisotopic (exact) mass is 340 g/mol. The van der Waals surface area contributed by atoms with E-state index in [0.717, 1.165) is 0 Å². The van der Waals surface area contributed by atoms with E-state index in [1.165, 1.54) is 28.1 Å². The lowest BCUT2D eigenvalue weighted by Gasteiger charge is -2.24. The standard InChI is InChI=1S/C17H16N4O4/c1-2-5-20-9-17(16(24)25)10-21(8-13(17)15(20)23)14(22)11-3-4-12(6-18)19-7-11/h2-4,7,13H,1,5,8-10H2,(H,24,25)/t13-,17+/m0/s1. The second-order valence-electron chi connectivity index (χ2n) is 6.25. The predicted molar refractivity (Wildman–Crippen MR) is 85.2 cm³/mol. The summed E-state index contributed by atoms with van der Waals surface area (Å²) in [4.78, 5) is 43.7. The SMILES string of the molecule is C=CCN1C[C@@]2(C(=O)O)CN(C(=O)c3ccc(C#N)nc3)C[C@H]2C1=O. The van der Waals surface area contributed by atoms with Crippen molar-refractivity contribution >= 4 is 17.8 Å². The maximum atomic E-state index is 12.6. The Bertz CT molecular complexity index is 798. The average Bonchev–Trinajstić information content (AvgIpc) is 3.11. The Balaban J connectivity index is 1.85. The van der Waals surface area contributed by atoms with Crippen LogP contribution in [0.3, 0.4) is 0 Å². The number of likely N-dealkylation sites (tertiary alicyclic amines) is 2. The van der Waals surface area contributed by atoms with Crippen molar-refractivity contribution in [3.63, 3.8) is 0 Å². The maximum absolute atomic E-state index is 12.6. The van der Waals surface area contributed by atoms with E-state index >= 15 is 0 Å². The Hall–Kier alpha value is -3.21. The fourth-order valence-corrected chi connectivity index (χ4v) is 3.54. The summed E-state index contributed by atoms with van der Waals surface area (Å²) in [6.07, 6.45) is 2.84. The molecule has 2 amide bonds. The molecule has 128 valence electrons. The zero-order chi connectivity index (χ0) is 18.2. The molecule has 25 heavy (non-hydrogen) atoms. The number of nitriles is 1. The fourth-order valence-electron chi connectivity index (χ4n) is 3.54. The third-order valence-corrected chi connectivity index (χ3v) is 4.81. The number of carbonyl (C=O) groups is 3. The Morgan fingerprint density at radius 3 is 2.76 bits per heavy atom. The van der Waals surface area contributed by atoms with Crippen molar-refractivity contribution < 1.29 is 19.5 Å². The van der Waals surface area contributed by atoms with Crippen LogP contribution in [-0.2, 0) is 9.59 Å². The number of pyridine rings is 1. The largest absolute Gasteiger partial charge is 0.481 e. The van der Waals surface area contributed by atoms with E-state index in [1.807, 2.05) is 6.07 Å². The van der Waals surface area contributed by atoms with Crippen LogP contribution in [0.15, 0.2) is 31.0 Å². The van der Waals surface area contributed by atoms with Crippen LogP contribution in [0.1, 0.15) is 16.1 Å². The number of nitrogens with zero attached hydrogens (tertiary/aromatic N) is 4. The number of hydrogen-bond donors (Lipinski definition) is 1. The predicted octanol–water partition coefficient (Wildman–Crippen LogP) is 0.124. The van der Waals surface area contributed by atoms with Gasteiger partial charge in [0.15, 0.2) is 0 Å². The molecule has 1 N–H and O–H groups in total. The Morgan fingerprint density at radius 1 is 1.48 bits per heavy atom. The minimum absolute atomic E-state index is 0.0365. The Morgan fingerprint density at radius 2 is 2.24 bits per heavy atom. The molecule has 2 atom stereocenters. The summed E-state index contributed by atoms with van der Waals surface area (Å²) in [5.41, 5.74) is -0.850. The molecule has 8 nitrogen and oxygen atoms in total. The summed E-state index contributed by atoms with van der Waals surface area (Å²) < 4.78 is 0. The summed E-state index contributed by atoms with van der Waals surface area (Å²) in [5.74, 6) is -2.50. The van der Waals surface area contributed by atoms with Gasteiger partial charge in [0.2, 0.25) is 5.91 Å². The van der Waals surface area contributed by atoms with Gasteiger partial charge in [0.25, 0.3) is 5.91 Å². The summed E-state index contributed by atoms with van der Waals surface area (Å²) in [6.45, 7) is 3.95. The molecule has 0 radical (unpaired) electrons. The smallest absolute Gasteiger partial charge is 0.314 e. The molecule has 2 saturated heterocycles. The Labute approximate surface area is 144 Å². The number of aromatic nitrogens is 1. The minimum Gasteiger partial charge on any atom is -0.481 e. The molecule has 2 fully saturated rings. The van der Waals surface area contributed by atoms with Gasteiger partial charge in [-0.15, -0.1) is 6.58 Å². The highest BCUT2D eigenvalue weighted by molar-refractivity contribution is 5.98. The van der Waals surface area contributed by atoms with Gasteiger partial charge in [-0.1, -0.05) is 6.08 Å². The molecule has 3 rings (SSSR count). The van der Waals surface area contributed by atoms with Crippen molar-refractivity contribution in [2.24, 2.45) is 11.3 Å². The topological polar surface area (TPSA) is 115 Å². The molecule has 0 bridgehead atoms. The van der Waals surface area contributed by atoms with Crippen molar-refractivity contribution in [1.29, 1.82) is 5.26 Å². The number of carboxylic acids is 1. The van der Waals surface area contributed by atoms with E-state index in [-0.39, 0.29) is 43.3 Å². The van der Waals surface area contributed by atoms with Crippen LogP contribution in [0, 0.1) is 22.7 Å². The van der Waals surface area contributed by atoms with Gasteiger partial charge in [-0.05, 0) is 12.1 Å². The van der Waals surface area contributed by atoms with Crippen molar-refractivity contribution in [2.75, 3.05) is 26.2 Å². The van der Waals surface area contributed by atoms with Crippen LogP contribution in [0.5, 0.6) is 0 Å². The van der Waals surface area contributed by atoms with Gasteiger partial charge < -0.3 is 14.9 Å². The zero-order valence-electron chi connectivity index (χ0n) is 13.4.